The molecule has 0 unspecified atom stereocenters. The van der Waals surface area contributed by atoms with Crippen molar-refractivity contribution in [2.24, 2.45) is 0 Å². The number of hydrogen-bond acceptors (Lipinski definition) is 2. The number of amides is 1. The summed E-state index contributed by atoms with van der Waals surface area (Å²) in [5, 5.41) is 2.36. The number of nitrogens with one attached hydrogen (secondary N) is 1. The van der Waals surface area contributed by atoms with Crippen LogP contribution in [0.4, 0.5) is 26.3 Å². The summed E-state index contributed by atoms with van der Waals surface area (Å²) in [5.74, 6) is -0.295. The van der Waals surface area contributed by atoms with E-state index in [2.05, 4.69) is 5.32 Å². The fraction of sp³-hybridized carbons (Fsp3) is 0.350. The lowest BCUT2D eigenvalue weighted by Gasteiger charge is -2.19. The zero-order valence-electron chi connectivity index (χ0n) is 16.5. The predicted octanol–water partition coefficient (Wildman–Crippen LogP) is 5.91. The second-order valence-corrected chi connectivity index (χ2v) is 12.1. The van der Waals surface area contributed by atoms with Gasteiger partial charge in [0.25, 0.3) is 5.91 Å². The smallest absolute Gasteiger partial charge is 0.416 e. The van der Waals surface area contributed by atoms with Crippen LogP contribution in [0.3, 0.4) is 0 Å². The van der Waals surface area contributed by atoms with Crippen LogP contribution in [-0.2, 0) is 18.8 Å². The summed E-state index contributed by atoms with van der Waals surface area (Å²) in [5.41, 5.74) is -2.92. The van der Waals surface area contributed by atoms with Gasteiger partial charge >= 0.3 is 12.4 Å². The highest BCUT2D eigenvalue weighted by molar-refractivity contribution is 6.70. The Bertz CT molecular complexity index is 854. The summed E-state index contributed by atoms with van der Waals surface area (Å²) in [4.78, 5) is 12.1. The normalized spacial score (nSPS) is 12.6. The molecule has 1 N–H and O–H groups in total. The molecule has 0 aliphatic heterocycles. The topological polar surface area (TPSA) is 38.3 Å². The molecule has 1 amide bonds. The number of alkyl halides is 6. The molecule has 0 fully saturated rings. The highest BCUT2D eigenvalue weighted by Crippen LogP contribution is 2.36. The molecule has 30 heavy (non-hydrogen) atoms. The first kappa shape index (κ1) is 23.8. The molecule has 2 aromatic carbocycles. The van der Waals surface area contributed by atoms with E-state index in [1.807, 2.05) is 19.6 Å². The van der Waals surface area contributed by atoms with Crippen molar-refractivity contribution in [1.29, 1.82) is 0 Å². The summed E-state index contributed by atoms with van der Waals surface area (Å²) in [7, 11) is -1.75. The van der Waals surface area contributed by atoms with E-state index in [1.165, 1.54) is 0 Å². The van der Waals surface area contributed by atoms with Gasteiger partial charge in [-0.1, -0.05) is 12.1 Å². The first-order chi connectivity index (χ1) is 13.6. The highest BCUT2D eigenvalue weighted by Gasteiger charge is 2.37. The van der Waals surface area contributed by atoms with Crippen LogP contribution in [0.15, 0.2) is 42.5 Å². The van der Waals surface area contributed by atoms with Crippen molar-refractivity contribution in [2.45, 2.75) is 38.4 Å². The van der Waals surface area contributed by atoms with Crippen molar-refractivity contribution >= 4 is 14.2 Å². The predicted molar refractivity (Wildman–Crippen MR) is 103 cm³/mol. The van der Waals surface area contributed by atoms with Crippen molar-refractivity contribution < 1.29 is 35.6 Å². The molecular formula is C20H21F6NO2Si. The largest absolute Gasteiger partial charge is 0.544 e. The average molecular weight is 449 g/mol. The quantitative estimate of drug-likeness (QED) is 0.440. The van der Waals surface area contributed by atoms with E-state index in [1.54, 1.807) is 24.3 Å². The first-order valence-electron chi connectivity index (χ1n) is 9.01. The molecule has 2 rings (SSSR count). The Morgan fingerprint density at radius 2 is 1.40 bits per heavy atom. The van der Waals surface area contributed by atoms with Crippen LogP contribution >= 0.6 is 0 Å². The van der Waals surface area contributed by atoms with Crippen molar-refractivity contribution in [1.82, 2.24) is 5.32 Å². The van der Waals surface area contributed by atoms with Crippen molar-refractivity contribution in [3.8, 4) is 5.75 Å². The Balaban J connectivity index is 2.06. The fourth-order valence-corrected chi connectivity index (χ4v) is 3.43. The van der Waals surface area contributed by atoms with Crippen molar-refractivity contribution in [3.63, 3.8) is 0 Å². The lowest BCUT2D eigenvalue weighted by Crippen LogP contribution is -2.29. The van der Waals surface area contributed by atoms with Gasteiger partial charge in [-0.25, -0.2) is 0 Å². The van der Waals surface area contributed by atoms with Gasteiger partial charge in [0.05, 0.1) is 11.1 Å². The number of rotatable bonds is 6. The van der Waals surface area contributed by atoms with Crippen molar-refractivity contribution in [3.05, 3.63) is 64.7 Å². The van der Waals surface area contributed by atoms with Crippen LogP contribution < -0.4 is 9.74 Å². The van der Waals surface area contributed by atoms with Gasteiger partial charge in [0, 0.05) is 12.1 Å². The van der Waals surface area contributed by atoms with Crippen LogP contribution in [0, 0.1) is 0 Å². The molecule has 164 valence electrons. The molecule has 3 nitrogen and oxygen atoms in total. The van der Waals surface area contributed by atoms with Crippen LogP contribution in [-0.4, -0.2) is 20.8 Å². The summed E-state index contributed by atoms with van der Waals surface area (Å²) in [6.45, 7) is 6.15. The SMILES string of the molecule is C[Si](C)(C)Oc1ccc(CCNC(=O)c2cc(C(F)(F)F)cc(C(F)(F)F)c2)cc1. The molecule has 0 aromatic heterocycles. The number of carbonyl (C=O) groups is 1. The fourth-order valence-electron chi connectivity index (χ4n) is 2.59. The molecule has 0 bridgehead atoms. The van der Waals surface area contributed by atoms with Crippen LogP contribution in [0.1, 0.15) is 27.0 Å². The third kappa shape index (κ3) is 7.08. The van der Waals surface area contributed by atoms with E-state index in [-0.39, 0.29) is 12.6 Å². The zero-order valence-corrected chi connectivity index (χ0v) is 17.5. The summed E-state index contributed by atoms with van der Waals surface area (Å²) < 4.78 is 83.2. The van der Waals surface area contributed by atoms with Crippen molar-refractivity contribution in [2.75, 3.05) is 6.54 Å². The van der Waals surface area contributed by atoms with E-state index < -0.39 is 43.3 Å². The zero-order chi connectivity index (χ0) is 22.7. The van der Waals surface area contributed by atoms with Crippen LogP contribution in [0.5, 0.6) is 5.75 Å². The average Bonchev–Trinajstić information content (AvgIpc) is 2.60. The molecule has 0 radical (unpaired) electrons. The molecule has 0 heterocycles. The number of benzene rings is 2. The van der Waals surface area contributed by atoms with Gasteiger partial charge in [0.15, 0.2) is 0 Å². The Hall–Kier alpha value is -2.49. The molecule has 0 saturated carbocycles. The molecule has 0 aliphatic rings. The molecule has 0 aliphatic carbocycles. The summed E-state index contributed by atoms with van der Waals surface area (Å²) in [6, 6.07) is 7.93. The summed E-state index contributed by atoms with van der Waals surface area (Å²) in [6.07, 6.45) is -9.66. The maximum absolute atomic E-state index is 12.9. The molecule has 2 aromatic rings. The van der Waals surface area contributed by atoms with Crippen LogP contribution in [0.2, 0.25) is 19.6 Å². The van der Waals surface area contributed by atoms with E-state index in [9.17, 15) is 31.1 Å². The Morgan fingerprint density at radius 1 is 0.900 bits per heavy atom. The molecule has 10 heteroatoms. The summed E-state index contributed by atoms with van der Waals surface area (Å²) >= 11 is 0. The number of carbonyl (C=O) groups excluding carboxylic acids is 1. The second kappa shape index (κ2) is 8.71. The minimum Gasteiger partial charge on any atom is -0.544 e. The number of halogens is 6. The van der Waals surface area contributed by atoms with Gasteiger partial charge in [-0.3, -0.25) is 4.79 Å². The van der Waals surface area contributed by atoms with E-state index >= 15 is 0 Å². The lowest BCUT2D eigenvalue weighted by atomic mass is 10.0. The number of hydrogen-bond donors (Lipinski definition) is 1. The Labute approximate surface area is 171 Å². The molecule has 0 saturated heterocycles. The Morgan fingerprint density at radius 3 is 1.83 bits per heavy atom. The maximum atomic E-state index is 12.9. The van der Waals surface area contributed by atoms with Gasteiger partial charge < -0.3 is 9.74 Å². The molecular weight excluding hydrogens is 428 g/mol. The van der Waals surface area contributed by atoms with Gasteiger partial charge in [-0.2, -0.15) is 26.3 Å². The maximum Gasteiger partial charge on any atom is 0.416 e. The monoisotopic (exact) mass is 449 g/mol. The standard InChI is InChI=1S/C20H21F6NO2Si/c1-30(2,3)29-17-6-4-13(5-7-17)8-9-27-18(28)14-10-15(19(21,22)23)12-16(11-14)20(24,25)26/h4-7,10-12H,8-9H2,1-3H3,(H,27,28). The Kier molecular flexibility index (Phi) is 6.90. The van der Waals surface area contributed by atoms with E-state index in [0.717, 1.165) is 5.56 Å². The first-order valence-corrected chi connectivity index (χ1v) is 12.4. The van der Waals surface area contributed by atoms with Gasteiger partial charge in [-0.05, 0) is 62.0 Å². The lowest BCUT2D eigenvalue weighted by molar-refractivity contribution is -0.143. The molecule has 0 spiro atoms. The van der Waals surface area contributed by atoms with Crippen LogP contribution in [0.25, 0.3) is 0 Å². The third-order valence-corrected chi connectivity index (χ3v) is 4.74. The van der Waals surface area contributed by atoms with E-state index in [0.29, 0.717) is 24.3 Å². The minimum absolute atomic E-state index is 0.0130. The van der Waals surface area contributed by atoms with Gasteiger partial charge in [-0.15, -0.1) is 0 Å². The highest BCUT2D eigenvalue weighted by atomic mass is 28.4. The van der Waals surface area contributed by atoms with Gasteiger partial charge in [0.1, 0.15) is 5.75 Å². The van der Waals surface area contributed by atoms with E-state index in [4.69, 9.17) is 4.43 Å². The molecule has 0 atom stereocenters. The third-order valence-electron chi connectivity index (χ3n) is 3.90. The second-order valence-electron chi connectivity index (χ2n) is 7.66. The minimum atomic E-state index is -5.00. The van der Waals surface area contributed by atoms with Gasteiger partial charge in [0.2, 0.25) is 8.32 Å².